The Morgan fingerprint density at radius 3 is 2.08 bits per heavy atom. The molecule has 3 N–H and O–H groups in total. The monoisotopic (exact) mass is 174 g/mol. The molecule has 3 heteroatoms. The molecule has 0 aliphatic rings. The van der Waals surface area contributed by atoms with Gasteiger partial charge in [-0.2, -0.15) is 0 Å². The summed E-state index contributed by atoms with van der Waals surface area (Å²) in [5, 5.41) is 3.26. The van der Waals surface area contributed by atoms with E-state index in [1.165, 1.54) is 0 Å². The van der Waals surface area contributed by atoms with Gasteiger partial charge in [-0.15, -0.1) is 0 Å². The Kier molecular flexibility index (Phi) is 4.17. The Bertz CT molecular complexity index is 132. The molecule has 0 saturated carbocycles. The van der Waals surface area contributed by atoms with E-state index in [-0.39, 0.29) is 11.0 Å². The van der Waals surface area contributed by atoms with Crippen LogP contribution in [0.15, 0.2) is 0 Å². The summed E-state index contributed by atoms with van der Waals surface area (Å²) in [4.78, 5) is 4.67. The van der Waals surface area contributed by atoms with Crippen molar-refractivity contribution in [3.63, 3.8) is 0 Å². The van der Waals surface area contributed by atoms with Crippen LogP contribution in [-0.2, 0) is 4.84 Å². The van der Waals surface area contributed by atoms with Gasteiger partial charge in [-0.05, 0) is 32.7 Å². The third-order valence-corrected chi connectivity index (χ3v) is 2.07. The largest absolute Gasteiger partial charge is 0.315 e. The van der Waals surface area contributed by atoms with Crippen LogP contribution < -0.4 is 11.2 Å². The maximum Gasteiger partial charge on any atom is 0.0730 e. The molecule has 12 heavy (non-hydrogen) atoms. The van der Waals surface area contributed by atoms with Gasteiger partial charge in [0.25, 0.3) is 0 Å². The molecule has 0 spiro atoms. The number of nitrogens with two attached hydrogens (primary N) is 1. The molecule has 0 fully saturated rings. The molecule has 0 atom stereocenters. The molecule has 0 amide bonds. The molecule has 3 nitrogen and oxygen atoms in total. The van der Waals surface area contributed by atoms with E-state index < -0.39 is 0 Å². The van der Waals surface area contributed by atoms with E-state index >= 15 is 0 Å². The minimum atomic E-state index is 0.126. The zero-order chi connectivity index (χ0) is 9.83. The minimum Gasteiger partial charge on any atom is -0.315 e. The van der Waals surface area contributed by atoms with Crippen molar-refractivity contribution >= 4 is 0 Å². The molecule has 0 aliphatic heterocycles. The molecule has 0 aromatic heterocycles. The van der Waals surface area contributed by atoms with Crippen molar-refractivity contribution in [1.29, 1.82) is 0 Å². The Hall–Kier alpha value is -0.120. The third kappa shape index (κ3) is 4.70. The fourth-order valence-corrected chi connectivity index (χ4v) is 1.56. The van der Waals surface area contributed by atoms with Crippen LogP contribution in [0.4, 0.5) is 0 Å². The summed E-state index contributed by atoms with van der Waals surface area (Å²) < 4.78 is 0. The summed E-state index contributed by atoms with van der Waals surface area (Å²) in [5.41, 5.74) is 0.267. The van der Waals surface area contributed by atoms with Gasteiger partial charge in [0.15, 0.2) is 0 Å². The molecule has 0 aliphatic carbocycles. The van der Waals surface area contributed by atoms with Crippen LogP contribution in [-0.4, -0.2) is 19.2 Å². The standard InChI is InChI=1S/C9H22N2O/c1-8(2,7-12-10)6-9(3,4)11-5/h11H,6-7,10H2,1-5H3. The summed E-state index contributed by atoms with van der Waals surface area (Å²) >= 11 is 0. The first-order chi connectivity index (χ1) is 5.33. The van der Waals surface area contributed by atoms with Crippen molar-refractivity contribution in [1.82, 2.24) is 5.32 Å². The molecular formula is C9H22N2O. The lowest BCUT2D eigenvalue weighted by Crippen LogP contribution is -2.42. The predicted molar refractivity (Wildman–Crippen MR) is 51.7 cm³/mol. The lowest BCUT2D eigenvalue weighted by Gasteiger charge is -2.34. The SMILES string of the molecule is CNC(C)(C)CC(C)(C)CON. The fourth-order valence-electron chi connectivity index (χ4n) is 1.56. The van der Waals surface area contributed by atoms with Crippen molar-refractivity contribution in [3.8, 4) is 0 Å². The van der Waals surface area contributed by atoms with Gasteiger partial charge >= 0.3 is 0 Å². The van der Waals surface area contributed by atoms with E-state index in [2.05, 4.69) is 37.8 Å². The van der Waals surface area contributed by atoms with Crippen LogP contribution in [0.5, 0.6) is 0 Å². The van der Waals surface area contributed by atoms with Crippen molar-refractivity contribution in [3.05, 3.63) is 0 Å². The first-order valence-electron chi connectivity index (χ1n) is 4.34. The molecule has 0 unspecified atom stereocenters. The van der Waals surface area contributed by atoms with E-state index in [0.717, 1.165) is 6.42 Å². The maximum absolute atomic E-state index is 5.05. The Morgan fingerprint density at radius 2 is 1.75 bits per heavy atom. The number of hydrogen-bond donors (Lipinski definition) is 2. The van der Waals surface area contributed by atoms with Gasteiger partial charge in [-0.25, -0.2) is 5.90 Å². The van der Waals surface area contributed by atoms with E-state index in [1.807, 2.05) is 7.05 Å². The molecule has 0 bridgehead atoms. The van der Waals surface area contributed by atoms with Crippen molar-refractivity contribution in [2.75, 3.05) is 13.7 Å². The molecule has 0 saturated heterocycles. The van der Waals surface area contributed by atoms with Crippen LogP contribution in [0.3, 0.4) is 0 Å². The van der Waals surface area contributed by atoms with E-state index in [9.17, 15) is 0 Å². The molecule has 0 aromatic carbocycles. The third-order valence-electron chi connectivity index (χ3n) is 2.07. The second-order valence-corrected chi connectivity index (χ2v) is 4.79. The van der Waals surface area contributed by atoms with Crippen LogP contribution in [0.2, 0.25) is 0 Å². The van der Waals surface area contributed by atoms with Crippen LogP contribution in [0.25, 0.3) is 0 Å². The highest BCUT2D eigenvalue weighted by Crippen LogP contribution is 2.27. The second kappa shape index (κ2) is 4.21. The Morgan fingerprint density at radius 1 is 1.25 bits per heavy atom. The minimum absolute atomic E-state index is 0.126. The fraction of sp³-hybridized carbons (Fsp3) is 1.00. The zero-order valence-corrected chi connectivity index (χ0v) is 8.90. The molecule has 0 rings (SSSR count). The van der Waals surface area contributed by atoms with E-state index in [1.54, 1.807) is 0 Å². The number of hydrogen-bond acceptors (Lipinski definition) is 3. The number of nitrogens with one attached hydrogen (secondary N) is 1. The highest BCUT2D eigenvalue weighted by Gasteiger charge is 2.27. The normalized spacial score (nSPS) is 13.5. The molecular weight excluding hydrogens is 152 g/mol. The van der Waals surface area contributed by atoms with E-state index in [0.29, 0.717) is 6.61 Å². The van der Waals surface area contributed by atoms with Gasteiger partial charge in [-0.1, -0.05) is 13.8 Å². The Balaban J connectivity index is 4.04. The highest BCUT2D eigenvalue weighted by molar-refractivity contribution is 4.83. The molecule has 0 aromatic rings. The predicted octanol–water partition coefficient (Wildman–Crippen LogP) is 1.29. The average molecular weight is 174 g/mol. The summed E-state index contributed by atoms with van der Waals surface area (Å²) in [6, 6.07) is 0. The average Bonchev–Trinajstić information content (AvgIpc) is 1.85. The highest BCUT2D eigenvalue weighted by atomic mass is 16.6. The quantitative estimate of drug-likeness (QED) is 0.617. The topological polar surface area (TPSA) is 47.3 Å². The van der Waals surface area contributed by atoms with Gasteiger partial charge in [0.05, 0.1) is 6.61 Å². The summed E-state index contributed by atoms with van der Waals surface area (Å²) in [6.07, 6.45) is 1.04. The van der Waals surface area contributed by atoms with Crippen molar-refractivity contribution < 1.29 is 4.84 Å². The van der Waals surface area contributed by atoms with Gasteiger partial charge < -0.3 is 10.2 Å². The van der Waals surface area contributed by atoms with Crippen LogP contribution in [0.1, 0.15) is 34.1 Å². The molecule has 0 radical (unpaired) electrons. The van der Waals surface area contributed by atoms with Gasteiger partial charge in [0.2, 0.25) is 0 Å². The summed E-state index contributed by atoms with van der Waals surface area (Å²) in [6.45, 7) is 9.24. The Labute approximate surface area is 75.6 Å². The lowest BCUT2D eigenvalue weighted by molar-refractivity contribution is 0.0448. The lowest BCUT2D eigenvalue weighted by atomic mass is 9.81. The molecule has 74 valence electrons. The number of rotatable bonds is 5. The van der Waals surface area contributed by atoms with Crippen LogP contribution >= 0.6 is 0 Å². The van der Waals surface area contributed by atoms with Crippen molar-refractivity contribution in [2.24, 2.45) is 11.3 Å². The van der Waals surface area contributed by atoms with E-state index in [4.69, 9.17) is 5.90 Å². The second-order valence-electron chi connectivity index (χ2n) is 4.79. The smallest absolute Gasteiger partial charge is 0.0730 e. The van der Waals surface area contributed by atoms with Gasteiger partial charge in [0.1, 0.15) is 0 Å². The first-order valence-corrected chi connectivity index (χ1v) is 4.34. The maximum atomic E-state index is 5.05. The van der Waals surface area contributed by atoms with Gasteiger partial charge in [-0.3, -0.25) is 0 Å². The summed E-state index contributed by atoms with van der Waals surface area (Å²) in [5.74, 6) is 5.05. The first kappa shape index (κ1) is 11.9. The molecule has 0 heterocycles. The van der Waals surface area contributed by atoms with Crippen molar-refractivity contribution in [2.45, 2.75) is 39.7 Å². The van der Waals surface area contributed by atoms with Gasteiger partial charge in [0, 0.05) is 5.54 Å². The van der Waals surface area contributed by atoms with Crippen LogP contribution in [0, 0.1) is 5.41 Å². The zero-order valence-electron chi connectivity index (χ0n) is 8.90. The summed E-state index contributed by atoms with van der Waals surface area (Å²) in [7, 11) is 1.97.